The fourth-order valence-corrected chi connectivity index (χ4v) is 1.73. The summed E-state index contributed by atoms with van der Waals surface area (Å²) in [5.74, 6) is -0.269. The van der Waals surface area contributed by atoms with E-state index in [-0.39, 0.29) is 5.91 Å². The van der Waals surface area contributed by atoms with Gasteiger partial charge in [-0.1, -0.05) is 30.3 Å². The van der Waals surface area contributed by atoms with E-state index < -0.39 is 6.10 Å². The smallest absolute Gasteiger partial charge is 0.253 e. The fraction of sp³-hybridized carbons (Fsp3) is 0.214. The van der Waals surface area contributed by atoms with Gasteiger partial charge in [0, 0.05) is 12.1 Å². The van der Waals surface area contributed by atoms with E-state index in [1.54, 1.807) is 6.92 Å². The van der Waals surface area contributed by atoms with Crippen molar-refractivity contribution in [3.8, 4) is 0 Å². The molecule has 0 fully saturated rings. The average Bonchev–Trinajstić information content (AvgIpc) is 2.46. The van der Waals surface area contributed by atoms with Crippen molar-refractivity contribution in [2.45, 2.75) is 19.6 Å². The summed E-state index contributed by atoms with van der Waals surface area (Å²) in [4.78, 5) is 12.1. The summed E-state index contributed by atoms with van der Waals surface area (Å²) in [6.07, 6.45) is 2.01. The maximum absolute atomic E-state index is 12.1. The highest BCUT2D eigenvalue weighted by molar-refractivity contribution is 5.95. The molecule has 0 radical (unpaired) electrons. The molecule has 1 atom stereocenters. The zero-order chi connectivity index (χ0) is 13.7. The summed E-state index contributed by atoms with van der Waals surface area (Å²) in [7, 11) is 0. The Labute approximate surface area is 111 Å². The summed E-state index contributed by atoms with van der Waals surface area (Å²) in [6, 6.07) is 9.61. The van der Waals surface area contributed by atoms with Crippen LogP contribution in [0.2, 0.25) is 0 Å². The van der Waals surface area contributed by atoms with Crippen LogP contribution in [0.15, 0.2) is 42.7 Å². The highest BCUT2D eigenvalue weighted by Gasteiger charge is 2.15. The number of carbonyl (C=O) groups excluding carboxylic acids is 1. The SMILES string of the molecule is CC(O)c1cnncc1C(=O)NCc1ccccc1. The van der Waals surface area contributed by atoms with Gasteiger partial charge in [0.05, 0.1) is 24.1 Å². The number of hydrogen-bond acceptors (Lipinski definition) is 4. The first kappa shape index (κ1) is 13.2. The van der Waals surface area contributed by atoms with Crippen LogP contribution in [0.5, 0.6) is 0 Å². The summed E-state index contributed by atoms with van der Waals surface area (Å²) in [5, 5.41) is 19.7. The Kier molecular flexibility index (Phi) is 4.20. The predicted molar refractivity (Wildman–Crippen MR) is 70.3 cm³/mol. The van der Waals surface area contributed by atoms with Gasteiger partial charge in [0.25, 0.3) is 5.91 Å². The number of rotatable bonds is 4. The quantitative estimate of drug-likeness (QED) is 0.869. The molecule has 2 rings (SSSR count). The number of nitrogens with zero attached hydrogens (tertiary/aromatic N) is 2. The Hall–Kier alpha value is -2.27. The first-order chi connectivity index (χ1) is 9.18. The standard InChI is InChI=1S/C14H15N3O2/c1-10(18)12-8-16-17-9-13(12)14(19)15-7-11-5-3-2-4-6-11/h2-6,8-10,18H,7H2,1H3,(H,15,19). The largest absolute Gasteiger partial charge is 0.389 e. The predicted octanol–water partition coefficient (Wildman–Crippen LogP) is 1.46. The monoisotopic (exact) mass is 257 g/mol. The van der Waals surface area contributed by atoms with Crippen LogP contribution in [-0.4, -0.2) is 21.2 Å². The van der Waals surface area contributed by atoms with Crippen molar-refractivity contribution in [2.24, 2.45) is 0 Å². The topological polar surface area (TPSA) is 75.1 Å². The number of aliphatic hydroxyl groups is 1. The number of hydrogen-bond donors (Lipinski definition) is 2. The van der Waals surface area contributed by atoms with Crippen molar-refractivity contribution in [3.05, 3.63) is 59.4 Å². The Balaban J connectivity index is 2.08. The molecule has 5 nitrogen and oxygen atoms in total. The molecule has 0 saturated carbocycles. The molecule has 0 spiro atoms. The molecule has 2 aromatic rings. The van der Waals surface area contributed by atoms with Gasteiger partial charge in [-0.3, -0.25) is 4.79 Å². The summed E-state index contributed by atoms with van der Waals surface area (Å²) >= 11 is 0. The van der Waals surface area contributed by atoms with Crippen molar-refractivity contribution in [1.82, 2.24) is 15.5 Å². The molecule has 2 N–H and O–H groups in total. The van der Waals surface area contributed by atoms with E-state index in [2.05, 4.69) is 15.5 Å². The average molecular weight is 257 g/mol. The van der Waals surface area contributed by atoms with Crippen LogP contribution >= 0.6 is 0 Å². The lowest BCUT2D eigenvalue weighted by Crippen LogP contribution is -2.24. The third-order valence-electron chi connectivity index (χ3n) is 2.75. The molecule has 5 heteroatoms. The van der Waals surface area contributed by atoms with Crippen LogP contribution in [0.1, 0.15) is 34.5 Å². The van der Waals surface area contributed by atoms with Crippen molar-refractivity contribution >= 4 is 5.91 Å². The Bertz CT molecular complexity index is 556. The lowest BCUT2D eigenvalue weighted by molar-refractivity contribution is 0.0943. The molecule has 0 aliphatic rings. The minimum Gasteiger partial charge on any atom is -0.389 e. The second kappa shape index (κ2) is 6.06. The van der Waals surface area contributed by atoms with Crippen LogP contribution in [0.3, 0.4) is 0 Å². The van der Waals surface area contributed by atoms with E-state index in [0.29, 0.717) is 17.7 Å². The van der Waals surface area contributed by atoms with Gasteiger partial charge in [0.15, 0.2) is 0 Å². The van der Waals surface area contributed by atoms with Gasteiger partial charge in [-0.25, -0.2) is 0 Å². The van der Waals surface area contributed by atoms with Gasteiger partial charge in [-0.2, -0.15) is 10.2 Å². The zero-order valence-corrected chi connectivity index (χ0v) is 10.6. The molecule has 0 bridgehead atoms. The molecule has 0 saturated heterocycles. The number of benzene rings is 1. The number of aliphatic hydroxyl groups excluding tert-OH is 1. The number of nitrogens with one attached hydrogen (secondary N) is 1. The highest BCUT2D eigenvalue weighted by Crippen LogP contribution is 2.15. The van der Waals surface area contributed by atoms with Crippen LogP contribution in [0, 0.1) is 0 Å². The zero-order valence-electron chi connectivity index (χ0n) is 10.6. The van der Waals surface area contributed by atoms with Crippen molar-refractivity contribution in [1.29, 1.82) is 0 Å². The van der Waals surface area contributed by atoms with Crippen LogP contribution in [0.4, 0.5) is 0 Å². The first-order valence-electron chi connectivity index (χ1n) is 5.99. The fourth-order valence-electron chi connectivity index (χ4n) is 1.73. The van der Waals surface area contributed by atoms with Gasteiger partial charge in [0.1, 0.15) is 0 Å². The second-order valence-electron chi connectivity index (χ2n) is 4.20. The van der Waals surface area contributed by atoms with Crippen molar-refractivity contribution < 1.29 is 9.90 Å². The number of aromatic nitrogens is 2. The molecule has 1 aromatic heterocycles. The maximum Gasteiger partial charge on any atom is 0.253 e. The maximum atomic E-state index is 12.1. The van der Waals surface area contributed by atoms with Crippen LogP contribution in [0.25, 0.3) is 0 Å². The molecule has 0 aliphatic carbocycles. The molecule has 0 aliphatic heterocycles. The Morgan fingerprint density at radius 2 is 1.95 bits per heavy atom. The molecular weight excluding hydrogens is 242 g/mol. The highest BCUT2D eigenvalue weighted by atomic mass is 16.3. The van der Waals surface area contributed by atoms with Crippen molar-refractivity contribution in [2.75, 3.05) is 0 Å². The molecule has 1 heterocycles. The van der Waals surface area contributed by atoms with Gasteiger partial charge in [-0.15, -0.1) is 0 Å². The minimum absolute atomic E-state index is 0.269. The summed E-state index contributed by atoms with van der Waals surface area (Å²) < 4.78 is 0. The second-order valence-corrected chi connectivity index (χ2v) is 4.20. The van der Waals surface area contributed by atoms with E-state index in [1.807, 2.05) is 30.3 Å². The van der Waals surface area contributed by atoms with E-state index in [4.69, 9.17) is 0 Å². The van der Waals surface area contributed by atoms with Crippen molar-refractivity contribution in [3.63, 3.8) is 0 Å². The van der Waals surface area contributed by atoms with Gasteiger partial charge >= 0.3 is 0 Å². The van der Waals surface area contributed by atoms with E-state index >= 15 is 0 Å². The van der Waals surface area contributed by atoms with Gasteiger partial charge in [0.2, 0.25) is 0 Å². The Morgan fingerprint density at radius 1 is 1.26 bits per heavy atom. The van der Waals surface area contributed by atoms with Crippen LogP contribution in [-0.2, 0) is 6.54 Å². The molecule has 1 amide bonds. The molecular formula is C14H15N3O2. The van der Waals surface area contributed by atoms with E-state index in [9.17, 15) is 9.90 Å². The summed E-state index contributed by atoms with van der Waals surface area (Å²) in [5.41, 5.74) is 1.83. The first-order valence-corrected chi connectivity index (χ1v) is 5.99. The van der Waals surface area contributed by atoms with Gasteiger partial charge in [-0.05, 0) is 12.5 Å². The molecule has 19 heavy (non-hydrogen) atoms. The number of carbonyl (C=O) groups is 1. The summed E-state index contributed by atoms with van der Waals surface area (Å²) in [6.45, 7) is 2.02. The lowest BCUT2D eigenvalue weighted by Gasteiger charge is -2.10. The normalized spacial score (nSPS) is 11.9. The van der Waals surface area contributed by atoms with Crippen LogP contribution < -0.4 is 5.32 Å². The van der Waals surface area contributed by atoms with Gasteiger partial charge < -0.3 is 10.4 Å². The molecule has 1 aromatic carbocycles. The van der Waals surface area contributed by atoms with E-state index in [0.717, 1.165) is 5.56 Å². The Morgan fingerprint density at radius 3 is 2.63 bits per heavy atom. The lowest BCUT2D eigenvalue weighted by atomic mass is 10.1. The third-order valence-corrected chi connectivity index (χ3v) is 2.75. The molecule has 1 unspecified atom stereocenters. The number of amides is 1. The third kappa shape index (κ3) is 3.35. The minimum atomic E-state index is -0.757. The van der Waals surface area contributed by atoms with E-state index in [1.165, 1.54) is 12.4 Å². The molecule has 98 valence electrons.